The van der Waals surface area contributed by atoms with E-state index in [0.717, 1.165) is 25.7 Å². The maximum atomic E-state index is 14.3. The van der Waals surface area contributed by atoms with Crippen molar-refractivity contribution >= 4 is 5.91 Å². The van der Waals surface area contributed by atoms with E-state index in [-0.39, 0.29) is 11.8 Å². The number of amides is 1. The molecule has 1 aliphatic rings. The summed E-state index contributed by atoms with van der Waals surface area (Å²) in [5, 5.41) is 0. The van der Waals surface area contributed by atoms with Gasteiger partial charge in [-0.05, 0) is 18.8 Å². The van der Waals surface area contributed by atoms with Crippen molar-refractivity contribution in [2.24, 2.45) is 17.6 Å². The molecule has 1 saturated carbocycles. The number of nitrogens with two attached hydrogens (primary N) is 1. The monoisotopic (exact) mass is 187 g/mol. The lowest BCUT2D eigenvalue weighted by Crippen LogP contribution is -2.49. The normalized spacial score (nSPS) is 23.4. The fraction of sp³-hybridized carbons (Fsp3) is 0.900. The van der Waals surface area contributed by atoms with Crippen LogP contribution in [0.3, 0.4) is 0 Å². The van der Waals surface area contributed by atoms with E-state index in [0.29, 0.717) is 0 Å². The Morgan fingerprint density at radius 3 is 2.23 bits per heavy atom. The van der Waals surface area contributed by atoms with Crippen LogP contribution >= 0.6 is 0 Å². The molecule has 0 aromatic heterocycles. The highest BCUT2D eigenvalue weighted by Gasteiger charge is 2.48. The maximum absolute atomic E-state index is 14.3. The van der Waals surface area contributed by atoms with Crippen molar-refractivity contribution in [1.82, 2.24) is 0 Å². The number of halogens is 1. The molecular formula is C10H18FNO. The average molecular weight is 187 g/mol. The summed E-state index contributed by atoms with van der Waals surface area (Å²) in [5.41, 5.74) is 3.36. The molecule has 0 bridgehead atoms. The maximum Gasteiger partial charge on any atom is 0.255 e. The summed E-state index contributed by atoms with van der Waals surface area (Å²) in [6, 6.07) is 0. The zero-order valence-corrected chi connectivity index (χ0v) is 8.35. The molecule has 0 radical (unpaired) electrons. The molecule has 1 amide bonds. The number of alkyl halides is 1. The fourth-order valence-corrected chi connectivity index (χ4v) is 2.30. The van der Waals surface area contributed by atoms with Crippen LogP contribution in [0.25, 0.3) is 0 Å². The van der Waals surface area contributed by atoms with Crippen molar-refractivity contribution in [3.8, 4) is 0 Å². The number of primary amides is 1. The lowest BCUT2D eigenvalue weighted by atomic mass is 9.78. The molecule has 0 aromatic rings. The van der Waals surface area contributed by atoms with Gasteiger partial charge in [0.1, 0.15) is 0 Å². The molecule has 2 N–H and O–H groups in total. The van der Waals surface area contributed by atoms with Gasteiger partial charge in [0.15, 0.2) is 5.67 Å². The summed E-state index contributed by atoms with van der Waals surface area (Å²) in [4.78, 5) is 11.1. The molecule has 3 heteroatoms. The summed E-state index contributed by atoms with van der Waals surface area (Å²) in [6.45, 7) is 3.45. The van der Waals surface area contributed by atoms with E-state index in [9.17, 15) is 9.18 Å². The Balaban J connectivity index is 2.82. The van der Waals surface area contributed by atoms with Gasteiger partial charge >= 0.3 is 0 Å². The van der Waals surface area contributed by atoms with Crippen molar-refractivity contribution < 1.29 is 9.18 Å². The van der Waals surface area contributed by atoms with Gasteiger partial charge in [-0.15, -0.1) is 0 Å². The Hall–Kier alpha value is -0.600. The molecule has 0 aliphatic heterocycles. The summed E-state index contributed by atoms with van der Waals surface area (Å²) >= 11 is 0. The van der Waals surface area contributed by atoms with E-state index in [1.807, 2.05) is 0 Å². The van der Waals surface area contributed by atoms with Crippen LogP contribution in [0.5, 0.6) is 0 Å². The van der Waals surface area contributed by atoms with Gasteiger partial charge in [-0.3, -0.25) is 4.79 Å². The van der Waals surface area contributed by atoms with Gasteiger partial charge in [-0.2, -0.15) is 0 Å². The Bertz CT molecular complexity index is 199. The van der Waals surface area contributed by atoms with Gasteiger partial charge in [0, 0.05) is 5.92 Å². The Kier molecular flexibility index (Phi) is 2.94. The predicted molar refractivity (Wildman–Crippen MR) is 49.8 cm³/mol. The molecule has 1 fully saturated rings. The van der Waals surface area contributed by atoms with Crippen LogP contribution in [0.15, 0.2) is 0 Å². The third-order valence-electron chi connectivity index (χ3n) is 3.17. The summed E-state index contributed by atoms with van der Waals surface area (Å²) < 4.78 is 14.3. The van der Waals surface area contributed by atoms with E-state index in [1.165, 1.54) is 0 Å². The van der Waals surface area contributed by atoms with E-state index >= 15 is 0 Å². The van der Waals surface area contributed by atoms with Crippen molar-refractivity contribution in [1.29, 1.82) is 0 Å². The summed E-state index contributed by atoms with van der Waals surface area (Å²) in [7, 11) is 0. The molecule has 13 heavy (non-hydrogen) atoms. The summed E-state index contributed by atoms with van der Waals surface area (Å²) in [6.07, 6.45) is 3.65. The highest BCUT2D eigenvalue weighted by atomic mass is 19.1. The Morgan fingerprint density at radius 1 is 1.46 bits per heavy atom. The predicted octanol–water partition coefficient (Wildman–Crippen LogP) is 2.03. The van der Waals surface area contributed by atoms with Gasteiger partial charge < -0.3 is 5.73 Å². The third kappa shape index (κ3) is 1.69. The van der Waals surface area contributed by atoms with Gasteiger partial charge in [0.25, 0.3) is 5.91 Å². The smallest absolute Gasteiger partial charge is 0.255 e. The van der Waals surface area contributed by atoms with E-state index < -0.39 is 11.6 Å². The quantitative estimate of drug-likeness (QED) is 0.721. The first-order valence-electron chi connectivity index (χ1n) is 4.98. The van der Waals surface area contributed by atoms with E-state index in [4.69, 9.17) is 5.73 Å². The van der Waals surface area contributed by atoms with Crippen molar-refractivity contribution in [2.45, 2.75) is 45.2 Å². The molecule has 1 unspecified atom stereocenters. The van der Waals surface area contributed by atoms with Crippen LogP contribution in [0.4, 0.5) is 4.39 Å². The lowest BCUT2D eigenvalue weighted by Gasteiger charge is -2.31. The number of carbonyl (C=O) groups excluding carboxylic acids is 1. The van der Waals surface area contributed by atoms with Crippen LogP contribution in [0.1, 0.15) is 39.5 Å². The first-order valence-corrected chi connectivity index (χ1v) is 4.98. The molecule has 1 aliphatic carbocycles. The number of hydrogen-bond acceptors (Lipinski definition) is 1. The second-order valence-corrected chi connectivity index (χ2v) is 4.27. The SMILES string of the molecule is CC(C)C(F)(C(N)=O)C1CCCC1. The van der Waals surface area contributed by atoms with E-state index in [2.05, 4.69) is 0 Å². The van der Waals surface area contributed by atoms with Crippen LogP contribution in [0.2, 0.25) is 0 Å². The first-order chi connectivity index (χ1) is 5.99. The van der Waals surface area contributed by atoms with Crippen LogP contribution < -0.4 is 5.73 Å². The second kappa shape index (κ2) is 3.64. The first kappa shape index (κ1) is 10.5. The van der Waals surface area contributed by atoms with Crippen LogP contribution in [-0.2, 0) is 4.79 Å². The van der Waals surface area contributed by atoms with Crippen LogP contribution in [-0.4, -0.2) is 11.6 Å². The van der Waals surface area contributed by atoms with Crippen molar-refractivity contribution in [3.05, 3.63) is 0 Å². The second-order valence-electron chi connectivity index (χ2n) is 4.27. The van der Waals surface area contributed by atoms with Crippen LogP contribution in [0, 0.1) is 11.8 Å². The molecule has 0 spiro atoms. The standard InChI is InChI=1S/C10H18FNO/c1-7(2)10(11,9(12)13)8-5-3-4-6-8/h7-8H,3-6H2,1-2H3,(H2,12,13). The van der Waals surface area contributed by atoms with E-state index in [1.54, 1.807) is 13.8 Å². The highest BCUT2D eigenvalue weighted by molar-refractivity contribution is 5.84. The third-order valence-corrected chi connectivity index (χ3v) is 3.17. The zero-order chi connectivity index (χ0) is 10.1. The molecular weight excluding hydrogens is 169 g/mol. The number of rotatable bonds is 3. The molecule has 2 nitrogen and oxygen atoms in total. The van der Waals surface area contributed by atoms with Gasteiger partial charge in [-0.1, -0.05) is 26.7 Å². The van der Waals surface area contributed by atoms with Crippen molar-refractivity contribution in [3.63, 3.8) is 0 Å². The number of hydrogen-bond donors (Lipinski definition) is 1. The number of carbonyl (C=O) groups is 1. The average Bonchev–Trinajstić information content (AvgIpc) is 2.54. The van der Waals surface area contributed by atoms with Gasteiger partial charge in [-0.25, -0.2) is 4.39 Å². The molecule has 76 valence electrons. The largest absolute Gasteiger partial charge is 0.367 e. The highest BCUT2D eigenvalue weighted by Crippen LogP contribution is 2.40. The fourth-order valence-electron chi connectivity index (χ4n) is 2.30. The van der Waals surface area contributed by atoms with Gasteiger partial charge in [0.2, 0.25) is 0 Å². The minimum Gasteiger partial charge on any atom is -0.367 e. The molecule has 1 rings (SSSR count). The topological polar surface area (TPSA) is 43.1 Å². The minimum atomic E-state index is -1.78. The zero-order valence-electron chi connectivity index (χ0n) is 8.35. The molecule has 1 atom stereocenters. The van der Waals surface area contributed by atoms with Crippen molar-refractivity contribution in [2.75, 3.05) is 0 Å². The molecule has 0 saturated heterocycles. The summed E-state index contributed by atoms with van der Waals surface area (Å²) in [5.74, 6) is -1.24. The minimum absolute atomic E-state index is 0.148. The van der Waals surface area contributed by atoms with Gasteiger partial charge in [0.05, 0.1) is 0 Å². The molecule has 0 aromatic carbocycles. The molecule has 0 heterocycles. The Morgan fingerprint density at radius 2 is 1.92 bits per heavy atom. The lowest BCUT2D eigenvalue weighted by molar-refractivity contribution is -0.137. The Labute approximate surface area is 78.7 Å².